The number of ether oxygens (including phenoxy) is 3. The van der Waals surface area contributed by atoms with Crippen LogP contribution in [0.2, 0.25) is 0 Å². The fourth-order valence-electron chi connectivity index (χ4n) is 3.97. The summed E-state index contributed by atoms with van der Waals surface area (Å²) in [6.07, 6.45) is 1.24. The molecule has 2 aliphatic rings. The van der Waals surface area contributed by atoms with Gasteiger partial charge in [-0.15, -0.1) is 0 Å². The van der Waals surface area contributed by atoms with Crippen LogP contribution in [0.5, 0.6) is 5.75 Å². The first-order chi connectivity index (χ1) is 13.9. The highest BCUT2D eigenvalue weighted by Crippen LogP contribution is 2.38. The van der Waals surface area contributed by atoms with E-state index in [1.165, 1.54) is 5.56 Å². The molecule has 2 aromatic rings. The summed E-state index contributed by atoms with van der Waals surface area (Å²) < 4.78 is 18.4. The minimum atomic E-state index is -0.546. The van der Waals surface area contributed by atoms with Crippen LogP contribution < -0.4 is 15.4 Å². The van der Waals surface area contributed by atoms with E-state index in [1.54, 1.807) is 11.3 Å². The van der Waals surface area contributed by atoms with Gasteiger partial charge in [-0.2, -0.15) is 0 Å². The lowest BCUT2D eigenvalue weighted by atomic mass is 9.90. The van der Waals surface area contributed by atoms with Crippen LogP contribution in [0.3, 0.4) is 0 Å². The molecule has 3 heterocycles. The van der Waals surface area contributed by atoms with Crippen molar-refractivity contribution in [1.29, 1.82) is 0 Å². The number of hydrogen-bond acceptors (Lipinski definition) is 7. The zero-order valence-corrected chi connectivity index (χ0v) is 21.4. The number of carbonyl (C=O) groups is 1. The second kappa shape index (κ2) is 7.39. The number of nitrogens with one attached hydrogen (secondary N) is 2. The van der Waals surface area contributed by atoms with Crippen LogP contribution in [0.1, 0.15) is 46.6 Å². The number of alkyl carbamates (subject to hydrolysis) is 1. The standard InChI is InChI=1S/C21H31N3O4SSi/c1-19(2,3)28-18(25)24-21(30)11-27-20(4,5)10-15(21)22-17-23-16-12-8-9-26-13(12)6-7-14(16)29-17/h6-7,15H,8-11H2,1-5,30H3,(H,22,23)(H,24,25)/t15-,21-/m0/s1. The van der Waals surface area contributed by atoms with Crippen LogP contribution in [-0.4, -0.2) is 56.9 Å². The van der Waals surface area contributed by atoms with E-state index in [4.69, 9.17) is 19.2 Å². The van der Waals surface area contributed by atoms with Gasteiger partial charge in [-0.25, -0.2) is 9.78 Å². The molecule has 4 rings (SSSR count). The number of nitrogens with zero attached hydrogens (tertiary/aromatic N) is 1. The molecule has 2 aliphatic heterocycles. The maximum absolute atomic E-state index is 12.5. The minimum absolute atomic E-state index is 0.00899. The van der Waals surface area contributed by atoms with Crippen molar-refractivity contribution in [3.05, 3.63) is 17.7 Å². The number of thiazole rings is 1. The lowest BCUT2D eigenvalue weighted by molar-refractivity contribution is -0.0803. The van der Waals surface area contributed by atoms with Crippen LogP contribution in [0.4, 0.5) is 9.93 Å². The molecule has 9 heteroatoms. The largest absolute Gasteiger partial charge is 0.493 e. The fraction of sp³-hybridized carbons (Fsp3) is 0.619. The third kappa shape index (κ3) is 4.43. The van der Waals surface area contributed by atoms with Gasteiger partial charge in [0.1, 0.15) is 11.4 Å². The number of benzene rings is 1. The first kappa shape index (κ1) is 21.4. The van der Waals surface area contributed by atoms with E-state index in [0.29, 0.717) is 23.5 Å². The Hall–Kier alpha value is -1.84. The molecule has 0 unspecified atom stereocenters. The highest BCUT2D eigenvalue weighted by molar-refractivity contribution is 7.22. The number of carbonyl (C=O) groups excluding carboxylic acids is 1. The number of fused-ring (bicyclic) bond motifs is 3. The summed E-state index contributed by atoms with van der Waals surface area (Å²) in [7, 11) is 0.698. The monoisotopic (exact) mass is 449 g/mol. The van der Waals surface area contributed by atoms with Crippen molar-refractivity contribution in [2.45, 2.75) is 69.9 Å². The highest BCUT2D eigenvalue weighted by atomic mass is 32.1. The molecule has 164 valence electrons. The number of rotatable bonds is 3. The van der Waals surface area contributed by atoms with Gasteiger partial charge in [0.25, 0.3) is 0 Å². The van der Waals surface area contributed by atoms with E-state index in [1.807, 2.05) is 26.8 Å². The summed E-state index contributed by atoms with van der Waals surface area (Å²) in [6.45, 7) is 10.9. The zero-order chi connectivity index (χ0) is 21.7. The van der Waals surface area contributed by atoms with Crippen LogP contribution in [0.15, 0.2) is 12.1 Å². The Kier molecular flexibility index (Phi) is 5.27. The second-order valence-electron chi connectivity index (χ2n) is 10.0. The highest BCUT2D eigenvalue weighted by Gasteiger charge is 2.46. The van der Waals surface area contributed by atoms with E-state index in [0.717, 1.165) is 33.9 Å². The lowest BCUT2D eigenvalue weighted by Crippen LogP contribution is -2.68. The van der Waals surface area contributed by atoms with Gasteiger partial charge in [-0.3, -0.25) is 0 Å². The molecular formula is C21H31N3O4SSi. The van der Waals surface area contributed by atoms with E-state index >= 15 is 0 Å². The fourth-order valence-corrected chi connectivity index (χ4v) is 5.62. The molecule has 2 atom stereocenters. The Labute approximate surface area is 184 Å². The molecule has 1 amide bonds. The van der Waals surface area contributed by atoms with Crippen molar-refractivity contribution in [2.75, 3.05) is 18.5 Å². The average Bonchev–Trinajstić information content (AvgIpc) is 3.22. The molecule has 0 radical (unpaired) electrons. The summed E-state index contributed by atoms with van der Waals surface area (Å²) in [5, 5.41) is 7.09. The molecule has 1 saturated heterocycles. The Morgan fingerprint density at radius 1 is 1.37 bits per heavy atom. The number of hydrogen-bond donors (Lipinski definition) is 2. The normalized spacial score (nSPS) is 25.6. The predicted octanol–water partition coefficient (Wildman–Crippen LogP) is 2.80. The second-order valence-corrected chi connectivity index (χ2v) is 12.8. The Morgan fingerprint density at radius 3 is 2.87 bits per heavy atom. The van der Waals surface area contributed by atoms with Crippen LogP contribution >= 0.6 is 11.3 Å². The molecule has 0 bridgehead atoms. The van der Waals surface area contributed by atoms with Crippen molar-refractivity contribution in [1.82, 2.24) is 10.3 Å². The molecule has 0 aliphatic carbocycles. The Morgan fingerprint density at radius 2 is 2.13 bits per heavy atom. The van der Waals surface area contributed by atoms with Gasteiger partial charge in [0.15, 0.2) is 5.13 Å². The van der Waals surface area contributed by atoms with Crippen LogP contribution in [0, 0.1) is 0 Å². The number of amides is 1. The number of aromatic nitrogens is 1. The molecule has 30 heavy (non-hydrogen) atoms. The Balaban J connectivity index is 1.59. The average molecular weight is 450 g/mol. The molecule has 1 fully saturated rings. The third-order valence-corrected chi connectivity index (χ3v) is 7.73. The maximum Gasteiger partial charge on any atom is 0.407 e. The minimum Gasteiger partial charge on any atom is -0.493 e. The van der Waals surface area contributed by atoms with Gasteiger partial charge in [0.05, 0.1) is 40.2 Å². The quantitative estimate of drug-likeness (QED) is 0.702. The van der Waals surface area contributed by atoms with Gasteiger partial charge >= 0.3 is 6.09 Å². The van der Waals surface area contributed by atoms with E-state index in [9.17, 15) is 4.79 Å². The summed E-state index contributed by atoms with van der Waals surface area (Å²) in [5.74, 6) is 0.940. The van der Waals surface area contributed by atoms with Crippen LogP contribution in [-0.2, 0) is 15.9 Å². The lowest BCUT2D eigenvalue weighted by Gasteiger charge is -2.48. The first-order valence-electron chi connectivity index (χ1n) is 10.4. The van der Waals surface area contributed by atoms with Gasteiger partial charge in [-0.05, 0) is 53.2 Å². The molecule has 2 N–H and O–H groups in total. The summed E-state index contributed by atoms with van der Waals surface area (Å²) in [6, 6.07) is 4.10. The molecule has 7 nitrogen and oxygen atoms in total. The van der Waals surface area contributed by atoms with E-state index < -0.39 is 16.9 Å². The topological polar surface area (TPSA) is 81.7 Å². The van der Waals surface area contributed by atoms with Gasteiger partial charge in [0.2, 0.25) is 0 Å². The molecule has 0 saturated carbocycles. The zero-order valence-electron chi connectivity index (χ0n) is 18.5. The first-order valence-corrected chi connectivity index (χ1v) is 12.2. The predicted molar refractivity (Wildman–Crippen MR) is 123 cm³/mol. The third-order valence-electron chi connectivity index (χ3n) is 5.54. The molecule has 1 aromatic carbocycles. The van der Waals surface area contributed by atoms with Crippen molar-refractivity contribution in [3.63, 3.8) is 0 Å². The van der Waals surface area contributed by atoms with Gasteiger partial charge < -0.3 is 24.8 Å². The summed E-state index contributed by atoms with van der Waals surface area (Å²) >= 11 is 1.64. The smallest absolute Gasteiger partial charge is 0.407 e. The summed E-state index contributed by atoms with van der Waals surface area (Å²) in [5.41, 5.74) is 1.37. The van der Waals surface area contributed by atoms with Crippen molar-refractivity contribution in [3.8, 4) is 5.75 Å². The van der Waals surface area contributed by atoms with Crippen molar-refractivity contribution < 1.29 is 19.0 Å². The van der Waals surface area contributed by atoms with E-state index in [2.05, 4.69) is 30.5 Å². The van der Waals surface area contributed by atoms with Gasteiger partial charge in [-0.1, -0.05) is 11.3 Å². The number of anilines is 1. The molecule has 1 aromatic heterocycles. The Bertz CT molecular complexity index is 971. The molecule has 0 spiro atoms. The van der Waals surface area contributed by atoms with E-state index in [-0.39, 0.29) is 11.6 Å². The van der Waals surface area contributed by atoms with Crippen LogP contribution in [0.25, 0.3) is 10.2 Å². The molecular weight excluding hydrogens is 418 g/mol. The van der Waals surface area contributed by atoms with Gasteiger partial charge in [0, 0.05) is 22.2 Å². The van der Waals surface area contributed by atoms with Crippen molar-refractivity contribution in [2.24, 2.45) is 0 Å². The SMILES string of the molecule is CC(C)(C)OC(=O)N[C@]1([SiH3])COC(C)(C)C[C@@H]1Nc1nc2c3c(ccc2s1)OCC3. The summed E-state index contributed by atoms with van der Waals surface area (Å²) in [4.78, 5) is 17.4. The van der Waals surface area contributed by atoms with Crippen molar-refractivity contribution >= 4 is 43.0 Å². The maximum atomic E-state index is 12.5.